The van der Waals surface area contributed by atoms with E-state index in [9.17, 15) is 97.1 Å². The molecule has 0 bridgehead atoms. The first-order valence-electron chi connectivity index (χ1n) is 40.6. The van der Waals surface area contributed by atoms with Crippen LogP contribution in [0.1, 0.15) is 40.5 Å². The van der Waals surface area contributed by atoms with Gasteiger partial charge in [0.15, 0.2) is 0 Å². The fourth-order valence-electron chi connectivity index (χ4n) is 7.10. The summed E-state index contributed by atoms with van der Waals surface area (Å²) in [5.41, 5.74) is -4.39. The summed E-state index contributed by atoms with van der Waals surface area (Å²) in [5.74, 6) is -10.7. The molecule has 0 rings (SSSR count). The van der Waals surface area contributed by atoms with Crippen LogP contribution < -0.4 is 0 Å². The van der Waals surface area contributed by atoms with Crippen molar-refractivity contribution in [3.05, 3.63) is 200 Å². The van der Waals surface area contributed by atoms with Crippen molar-refractivity contribution in [3.63, 3.8) is 0 Å². The largest absolute Gasteiger partial charge is 0.462 e. The highest BCUT2D eigenvalue weighted by Gasteiger charge is 2.41. The highest BCUT2D eigenvalue weighted by molar-refractivity contribution is 5.89. The summed E-state index contributed by atoms with van der Waals surface area (Å²) in [6.45, 7) is 52.7. The first-order valence-corrected chi connectivity index (χ1v) is 40.6. The molecule has 780 valence electrons. The Hall–Kier alpha value is -13.2. The molecule has 1 unspecified atom stereocenters. The van der Waals surface area contributed by atoms with E-state index < -0.39 is 203 Å². The quantitative estimate of drug-likeness (QED) is 0.0172. The Balaban J connectivity index is -0.000000250. The molecule has 10 N–H and O–H groups in total. The zero-order valence-corrected chi connectivity index (χ0v) is 78.6. The van der Waals surface area contributed by atoms with E-state index in [0.29, 0.717) is 57.0 Å². The molecule has 1 atom stereocenters. The average molecular weight is 1980 g/mol. The first-order chi connectivity index (χ1) is 65.2. The minimum absolute atomic E-state index is 0.0109. The molecule has 0 amide bonds. The van der Waals surface area contributed by atoms with Gasteiger partial charge in [0.2, 0.25) is 0 Å². The van der Waals surface area contributed by atoms with Gasteiger partial charge in [-0.15, -0.1) is 0 Å². The molecule has 0 aliphatic heterocycles. The number of esters is 16. The van der Waals surface area contributed by atoms with Crippen LogP contribution in [-0.2, 0) is 171 Å². The first kappa shape index (κ1) is 140. The van der Waals surface area contributed by atoms with Crippen LogP contribution in [0.4, 0.5) is 0 Å². The van der Waals surface area contributed by atoms with Crippen molar-refractivity contribution < 1.29 is 223 Å². The Labute approximate surface area is 801 Å². The lowest BCUT2D eigenvalue weighted by Gasteiger charge is -2.34. The van der Waals surface area contributed by atoms with E-state index in [4.69, 9.17) is 97.0 Å². The summed E-state index contributed by atoms with van der Waals surface area (Å²) < 4.78 is 98.7. The molecule has 0 heterocycles. The third-order valence-electron chi connectivity index (χ3n) is 14.7. The van der Waals surface area contributed by atoms with E-state index in [-0.39, 0.29) is 116 Å². The van der Waals surface area contributed by atoms with Crippen molar-refractivity contribution in [2.45, 2.75) is 52.7 Å². The summed E-state index contributed by atoms with van der Waals surface area (Å²) in [6.07, 6.45) is 10.6. The van der Waals surface area contributed by atoms with Crippen LogP contribution in [0.3, 0.4) is 0 Å². The molecule has 0 aromatic rings. The average Bonchev–Trinajstić information content (AvgIpc) is 0.845. The summed E-state index contributed by atoms with van der Waals surface area (Å²) >= 11 is 0. The van der Waals surface area contributed by atoms with Gasteiger partial charge < -0.3 is 146 Å². The zero-order valence-electron chi connectivity index (χ0n) is 78.6. The second-order valence-electron chi connectivity index (χ2n) is 27.3. The molecular formula is C92H136O46. The van der Waals surface area contributed by atoms with Crippen LogP contribution in [0.2, 0.25) is 0 Å². The van der Waals surface area contributed by atoms with Crippen molar-refractivity contribution in [2.75, 3.05) is 211 Å². The molecule has 46 heteroatoms. The third kappa shape index (κ3) is 84.5. The molecule has 0 saturated heterocycles. The van der Waals surface area contributed by atoms with E-state index in [1.807, 2.05) is 0 Å². The van der Waals surface area contributed by atoms with E-state index in [0.717, 1.165) is 72.9 Å². The van der Waals surface area contributed by atoms with E-state index >= 15 is 0 Å². The summed E-state index contributed by atoms with van der Waals surface area (Å²) in [5, 5.41) is 88.7. The van der Waals surface area contributed by atoms with Gasteiger partial charge in [0.1, 0.15) is 111 Å². The van der Waals surface area contributed by atoms with Gasteiger partial charge in [-0.1, -0.05) is 105 Å². The third-order valence-corrected chi connectivity index (χ3v) is 14.7. The van der Waals surface area contributed by atoms with Crippen molar-refractivity contribution >= 4 is 95.5 Å². The number of unbranched alkanes of at least 4 members (excludes halogenated alkanes) is 1. The lowest BCUT2D eigenvalue weighted by atomic mass is 9.90. The summed E-state index contributed by atoms with van der Waals surface area (Å²) in [6, 6.07) is 0. The van der Waals surface area contributed by atoms with Crippen LogP contribution in [0.5, 0.6) is 0 Å². The van der Waals surface area contributed by atoms with Gasteiger partial charge in [0.25, 0.3) is 0 Å². The number of rotatable bonds is 68. The number of carbonyl (C=O) groups excluding carboxylic acids is 16. The topological polar surface area (TPSA) is 660 Å². The normalized spacial score (nSPS) is 10.3. The van der Waals surface area contributed by atoms with Crippen molar-refractivity contribution in [1.29, 1.82) is 0 Å². The Morgan fingerprint density at radius 3 is 0.710 bits per heavy atom. The van der Waals surface area contributed by atoms with Gasteiger partial charge in [-0.3, -0.25) is 0 Å². The molecular weight excluding hydrogens is 1840 g/mol. The standard InChI is InChI=1S/C25H32O12.C22H30O11.C11H16O5.C9H16O5.C8H14O3.C6H10O4.C6H10O3.C5H8O3/c1-6-19(27)33-14-24(11-26,15-34-20(28)7-2)12-32-13-25(16-35-21(29)8-3,17-36-22(30)9-4)18-37-23(31)10-5;1-5-17(25)30-13-21(9-23,10-24)11-29-12-22(14-31-18(26)6-2,15-32-19(27)7-3)16-33-20(28)8-4;1-7(2)10(13)15-5-9(12)6-16-11(14)8(3)4;1-2-9(11)14-8-7-13-6-5-12-4-3-10;1-7(2)8(10)11-6-4-3-5-9;1-2-6(9)10-4-5(8)3-7;1-5(2)6(8)9-4-3-7;1-2-5(7)8-4-3-6/h6-10,26H,1-5,11-18H2;5-8,23-24H,1-4,9-16H2;9,12H,1,3,5-6H2,2,4H3;2,10H,1,3-8H2;9H,1,3-6H2,2H3;2,5,7-8H,1,3-4H2;7H,1,3-4H2,2H3;2,6H,1,3-4H2. The van der Waals surface area contributed by atoms with Crippen molar-refractivity contribution in [1.82, 2.24) is 0 Å². The molecule has 0 aromatic carbocycles. The van der Waals surface area contributed by atoms with Crippen LogP contribution in [0.15, 0.2) is 200 Å². The molecule has 0 aliphatic rings. The van der Waals surface area contributed by atoms with Crippen LogP contribution in [0, 0.1) is 21.7 Å². The number of carbonyl (C=O) groups is 16. The second-order valence-corrected chi connectivity index (χ2v) is 27.3. The van der Waals surface area contributed by atoms with E-state index in [1.54, 1.807) is 13.8 Å². The monoisotopic (exact) mass is 1980 g/mol. The van der Waals surface area contributed by atoms with Gasteiger partial charge in [-0.2, -0.15) is 0 Å². The SMILES string of the molecule is C=C(C)C(=O)OCC(O)COC(=O)C(=C)C.C=C(C)C(=O)OCCCCO.C=C(C)C(=O)OCCO.C=CC(=O)OCC(CO)(CO)COCC(COC(=O)C=C)(COC(=O)C=C)COC(=O)C=C.C=CC(=O)OCC(CO)(COCC(COC(=O)C=C)(COC(=O)C=C)COC(=O)C=C)COC(=O)C=C.C=CC(=O)OCC(O)CO.C=CC(=O)OCCO.C=CC(=O)OCCOCCOCCO. The van der Waals surface area contributed by atoms with E-state index in [2.05, 4.69) is 134 Å². The van der Waals surface area contributed by atoms with Crippen LogP contribution >= 0.6 is 0 Å². The van der Waals surface area contributed by atoms with Gasteiger partial charge in [0, 0.05) is 102 Å². The van der Waals surface area contributed by atoms with Crippen LogP contribution in [0.25, 0.3) is 0 Å². The minimum Gasteiger partial charge on any atom is -0.462 e. The molecule has 0 fully saturated rings. The number of ether oxygens (including phenoxy) is 20. The van der Waals surface area contributed by atoms with Gasteiger partial charge in [-0.25, -0.2) is 76.7 Å². The lowest BCUT2D eigenvalue weighted by molar-refractivity contribution is -0.169. The smallest absolute Gasteiger partial charge is 0.333 e. The van der Waals surface area contributed by atoms with Gasteiger partial charge >= 0.3 is 95.5 Å². The fraction of sp³-hybridized carbons (Fsp3) is 0.478. The van der Waals surface area contributed by atoms with Crippen molar-refractivity contribution in [2.24, 2.45) is 21.7 Å². The molecule has 0 saturated carbocycles. The molecule has 0 aliphatic carbocycles. The highest BCUT2D eigenvalue weighted by Crippen LogP contribution is 2.27. The van der Waals surface area contributed by atoms with Crippen LogP contribution in [-0.4, -0.2) is 370 Å². The number of hydrogen-bond donors (Lipinski definition) is 10. The zero-order chi connectivity index (χ0) is 107. The maximum Gasteiger partial charge on any atom is 0.333 e. The van der Waals surface area contributed by atoms with Gasteiger partial charge in [-0.05, 0) is 40.5 Å². The highest BCUT2D eigenvalue weighted by atomic mass is 16.6. The Bertz CT molecular complexity index is 3630. The molecule has 0 aromatic heterocycles. The number of hydrogen-bond acceptors (Lipinski definition) is 46. The van der Waals surface area contributed by atoms with Gasteiger partial charge in [0.05, 0.1) is 127 Å². The number of aliphatic hydroxyl groups excluding tert-OH is 10. The predicted octanol–water partition coefficient (Wildman–Crippen LogP) is 0.571. The molecule has 46 nitrogen and oxygen atoms in total. The Morgan fingerprint density at radius 1 is 0.225 bits per heavy atom. The Morgan fingerprint density at radius 2 is 0.442 bits per heavy atom. The summed E-state index contributed by atoms with van der Waals surface area (Å²) in [7, 11) is 0. The second kappa shape index (κ2) is 91.6. The maximum atomic E-state index is 11.7. The lowest BCUT2D eigenvalue weighted by Crippen LogP contribution is -2.46. The maximum absolute atomic E-state index is 11.7. The predicted molar refractivity (Wildman–Crippen MR) is 488 cm³/mol. The molecule has 0 radical (unpaired) electrons. The molecule has 138 heavy (non-hydrogen) atoms. The fourth-order valence-corrected chi connectivity index (χ4v) is 7.10. The minimum atomic E-state index is -1.44. The summed E-state index contributed by atoms with van der Waals surface area (Å²) in [4.78, 5) is 178. The van der Waals surface area contributed by atoms with E-state index in [1.165, 1.54) is 13.8 Å². The van der Waals surface area contributed by atoms with Crippen molar-refractivity contribution in [3.8, 4) is 0 Å². The molecule has 0 spiro atoms. The number of aliphatic hydroxyl groups is 10. The Kier molecular flexibility index (Phi) is 93.0.